The van der Waals surface area contributed by atoms with Crippen molar-refractivity contribution in [3.05, 3.63) is 12.7 Å². The van der Waals surface area contributed by atoms with Crippen LogP contribution in [0.4, 0.5) is 0 Å². The standard InChI is InChI=1S/C8H12O2/c1-2-7-6-8(7)9-4-3-5-10-8/h2,7H,1,3-6H2. The first-order chi connectivity index (χ1) is 4.87. The molecule has 1 atom stereocenters. The molecule has 1 unspecified atom stereocenters. The van der Waals surface area contributed by atoms with Crippen molar-refractivity contribution in [2.45, 2.75) is 18.6 Å². The zero-order valence-corrected chi connectivity index (χ0v) is 6.01. The fourth-order valence-corrected chi connectivity index (χ4v) is 1.43. The Hall–Kier alpha value is -0.340. The molecule has 0 aromatic heterocycles. The first-order valence-electron chi connectivity index (χ1n) is 3.78. The molecule has 2 heteroatoms. The van der Waals surface area contributed by atoms with Gasteiger partial charge in [0.2, 0.25) is 0 Å². The predicted octanol–water partition coefficient (Wildman–Crippen LogP) is 1.33. The lowest BCUT2D eigenvalue weighted by Gasteiger charge is -2.23. The highest BCUT2D eigenvalue weighted by Crippen LogP contribution is 2.49. The molecule has 1 saturated carbocycles. The van der Waals surface area contributed by atoms with E-state index in [0.717, 1.165) is 26.1 Å². The topological polar surface area (TPSA) is 18.5 Å². The molecule has 1 spiro atoms. The third-order valence-corrected chi connectivity index (χ3v) is 2.18. The average molecular weight is 140 g/mol. The lowest BCUT2D eigenvalue weighted by atomic mass is 10.3. The first-order valence-corrected chi connectivity index (χ1v) is 3.78. The van der Waals surface area contributed by atoms with Gasteiger partial charge in [0.1, 0.15) is 0 Å². The molecule has 1 heterocycles. The maximum absolute atomic E-state index is 5.49. The summed E-state index contributed by atoms with van der Waals surface area (Å²) in [6.07, 6.45) is 3.97. The lowest BCUT2D eigenvalue weighted by Crippen LogP contribution is -2.28. The zero-order chi connectivity index (χ0) is 7.03. The second-order valence-corrected chi connectivity index (χ2v) is 2.91. The zero-order valence-electron chi connectivity index (χ0n) is 6.01. The molecule has 1 aliphatic heterocycles. The Morgan fingerprint density at radius 1 is 1.40 bits per heavy atom. The van der Waals surface area contributed by atoms with Crippen LogP contribution < -0.4 is 0 Å². The van der Waals surface area contributed by atoms with Crippen LogP contribution in [0, 0.1) is 5.92 Å². The van der Waals surface area contributed by atoms with Crippen LogP contribution >= 0.6 is 0 Å². The Morgan fingerprint density at radius 3 is 2.60 bits per heavy atom. The van der Waals surface area contributed by atoms with E-state index < -0.39 is 0 Å². The van der Waals surface area contributed by atoms with Gasteiger partial charge in [-0.25, -0.2) is 0 Å². The van der Waals surface area contributed by atoms with E-state index in [1.165, 1.54) is 0 Å². The maximum atomic E-state index is 5.49. The van der Waals surface area contributed by atoms with Gasteiger partial charge in [-0.3, -0.25) is 0 Å². The molecular formula is C8H12O2. The van der Waals surface area contributed by atoms with Gasteiger partial charge in [0.15, 0.2) is 5.79 Å². The van der Waals surface area contributed by atoms with Gasteiger partial charge >= 0.3 is 0 Å². The van der Waals surface area contributed by atoms with Gasteiger partial charge < -0.3 is 9.47 Å². The molecule has 1 aliphatic carbocycles. The minimum atomic E-state index is -0.222. The average Bonchev–Trinajstić information content (AvgIpc) is 2.65. The number of rotatable bonds is 1. The van der Waals surface area contributed by atoms with Crippen molar-refractivity contribution < 1.29 is 9.47 Å². The molecule has 10 heavy (non-hydrogen) atoms. The molecule has 0 bridgehead atoms. The van der Waals surface area contributed by atoms with Crippen molar-refractivity contribution in [3.63, 3.8) is 0 Å². The smallest absolute Gasteiger partial charge is 0.175 e. The van der Waals surface area contributed by atoms with Crippen molar-refractivity contribution >= 4 is 0 Å². The Bertz CT molecular complexity index is 147. The highest BCUT2D eigenvalue weighted by Gasteiger charge is 2.56. The molecule has 2 nitrogen and oxygen atoms in total. The van der Waals surface area contributed by atoms with Crippen LogP contribution in [0.1, 0.15) is 12.8 Å². The quantitative estimate of drug-likeness (QED) is 0.511. The summed E-state index contributed by atoms with van der Waals surface area (Å²) in [5, 5.41) is 0. The molecular weight excluding hydrogens is 128 g/mol. The van der Waals surface area contributed by atoms with E-state index in [4.69, 9.17) is 9.47 Å². The molecule has 2 fully saturated rings. The summed E-state index contributed by atoms with van der Waals surface area (Å²) in [6.45, 7) is 5.42. The Balaban J connectivity index is 1.97. The van der Waals surface area contributed by atoms with Crippen LogP contribution in [0.15, 0.2) is 12.7 Å². The van der Waals surface area contributed by atoms with Gasteiger partial charge in [0.25, 0.3) is 0 Å². The second-order valence-electron chi connectivity index (χ2n) is 2.91. The summed E-state index contributed by atoms with van der Waals surface area (Å²) in [5.74, 6) is 0.229. The van der Waals surface area contributed by atoms with Crippen LogP contribution in [0.2, 0.25) is 0 Å². The van der Waals surface area contributed by atoms with E-state index in [0.29, 0.717) is 5.92 Å². The fraction of sp³-hybridized carbons (Fsp3) is 0.750. The summed E-state index contributed by atoms with van der Waals surface area (Å²) >= 11 is 0. The largest absolute Gasteiger partial charge is 0.349 e. The van der Waals surface area contributed by atoms with Gasteiger partial charge in [-0.05, 0) is 6.42 Å². The van der Waals surface area contributed by atoms with Crippen molar-refractivity contribution in [2.75, 3.05) is 13.2 Å². The molecule has 0 aromatic rings. The number of hydrogen-bond donors (Lipinski definition) is 0. The Labute approximate surface area is 60.8 Å². The van der Waals surface area contributed by atoms with E-state index in [1.807, 2.05) is 6.08 Å². The Kier molecular flexibility index (Phi) is 1.32. The van der Waals surface area contributed by atoms with E-state index in [9.17, 15) is 0 Å². The highest BCUT2D eigenvalue weighted by atomic mass is 16.7. The minimum Gasteiger partial charge on any atom is -0.349 e. The van der Waals surface area contributed by atoms with Crippen molar-refractivity contribution in [2.24, 2.45) is 5.92 Å². The van der Waals surface area contributed by atoms with Gasteiger partial charge in [-0.15, -0.1) is 6.58 Å². The van der Waals surface area contributed by atoms with E-state index in [2.05, 4.69) is 6.58 Å². The maximum Gasteiger partial charge on any atom is 0.175 e. The number of ether oxygens (including phenoxy) is 2. The summed E-state index contributed by atoms with van der Waals surface area (Å²) < 4.78 is 11.0. The lowest BCUT2D eigenvalue weighted by molar-refractivity contribution is -0.207. The van der Waals surface area contributed by atoms with Gasteiger partial charge in [0.05, 0.1) is 13.2 Å². The third-order valence-electron chi connectivity index (χ3n) is 2.18. The molecule has 0 amide bonds. The van der Waals surface area contributed by atoms with E-state index >= 15 is 0 Å². The molecule has 0 aromatic carbocycles. The molecule has 0 N–H and O–H groups in total. The van der Waals surface area contributed by atoms with Gasteiger partial charge in [-0.1, -0.05) is 6.08 Å². The third kappa shape index (κ3) is 0.796. The summed E-state index contributed by atoms with van der Waals surface area (Å²) in [5.41, 5.74) is 0. The monoisotopic (exact) mass is 140 g/mol. The van der Waals surface area contributed by atoms with Crippen molar-refractivity contribution in [1.29, 1.82) is 0 Å². The van der Waals surface area contributed by atoms with Gasteiger partial charge in [-0.2, -0.15) is 0 Å². The molecule has 2 aliphatic rings. The number of hydrogen-bond acceptors (Lipinski definition) is 2. The fourth-order valence-electron chi connectivity index (χ4n) is 1.43. The van der Waals surface area contributed by atoms with Crippen molar-refractivity contribution in [3.8, 4) is 0 Å². The molecule has 0 radical (unpaired) electrons. The van der Waals surface area contributed by atoms with Crippen molar-refractivity contribution in [1.82, 2.24) is 0 Å². The molecule has 1 saturated heterocycles. The van der Waals surface area contributed by atoms with E-state index in [1.54, 1.807) is 0 Å². The van der Waals surface area contributed by atoms with E-state index in [-0.39, 0.29) is 5.79 Å². The van der Waals surface area contributed by atoms with Gasteiger partial charge in [0, 0.05) is 12.3 Å². The van der Waals surface area contributed by atoms with Crippen LogP contribution in [0.25, 0.3) is 0 Å². The van der Waals surface area contributed by atoms with Crippen LogP contribution in [-0.2, 0) is 9.47 Å². The first kappa shape index (κ1) is 6.38. The minimum absolute atomic E-state index is 0.222. The normalized spacial score (nSPS) is 35.8. The molecule has 2 rings (SSSR count). The Morgan fingerprint density at radius 2 is 2.10 bits per heavy atom. The summed E-state index contributed by atoms with van der Waals surface area (Å²) in [7, 11) is 0. The highest BCUT2D eigenvalue weighted by molar-refractivity contribution is 5.07. The van der Waals surface area contributed by atoms with Crippen LogP contribution in [-0.4, -0.2) is 19.0 Å². The van der Waals surface area contributed by atoms with Crippen LogP contribution in [0.3, 0.4) is 0 Å². The SMILES string of the molecule is C=CC1CC12OCCCO2. The molecule has 56 valence electrons. The second kappa shape index (κ2) is 2.07. The summed E-state index contributed by atoms with van der Waals surface area (Å²) in [4.78, 5) is 0. The predicted molar refractivity (Wildman–Crippen MR) is 37.6 cm³/mol. The van der Waals surface area contributed by atoms with Crippen LogP contribution in [0.5, 0.6) is 0 Å². The summed E-state index contributed by atoms with van der Waals surface area (Å²) in [6, 6.07) is 0.